The van der Waals surface area contributed by atoms with E-state index in [-0.39, 0.29) is 0 Å². The Morgan fingerprint density at radius 2 is 2.16 bits per heavy atom. The van der Waals surface area contributed by atoms with Gasteiger partial charge >= 0.3 is 0 Å². The molecule has 0 aliphatic heterocycles. The van der Waals surface area contributed by atoms with E-state index >= 15 is 0 Å². The summed E-state index contributed by atoms with van der Waals surface area (Å²) in [6, 6.07) is 5.96. The lowest BCUT2D eigenvalue weighted by molar-refractivity contribution is 0.0242. The van der Waals surface area contributed by atoms with E-state index in [0.29, 0.717) is 6.42 Å². The molecule has 0 aromatic heterocycles. The Balaban J connectivity index is 2.14. The largest absolute Gasteiger partial charge is 0.497 e. The average molecular weight is 327 g/mol. The molecule has 0 amide bonds. The number of aliphatic hydroxyl groups is 1. The van der Waals surface area contributed by atoms with Crippen molar-refractivity contribution in [2.45, 2.75) is 51.0 Å². The first kappa shape index (κ1) is 14.9. The summed E-state index contributed by atoms with van der Waals surface area (Å²) in [6.07, 6.45) is 6.00. The van der Waals surface area contributed by atoms with E-state index in [1.54, 1.807) is 7.11 Å². The molecule has 0 bridgehead atoms. The molecule has 0 heterocycles. The maximum absolute atomic E-state index is 10.8. The summed E-state index contributed by atoms with van der Waals surface area (Å²) >= 11 is 3.58. The second-order valence-electron chi connectivity index (χ2n) is 5.89. The van der Waals surface area contributed by atoms with Crippen LogP contribution < -0.4 is 4.74 Å². The Hall–Kier alpha value is -0.540. The van der Waals surface area contributed by atoms with Gasteiger partial charge in [-0.25, -0.2) is 0 Å². The second kappa shape index (κ2) is 6.27. The number of hydrogen-bond acceptors (Lipinski definition) is 2. The van der Waals surface area contributed by atoms with Gasteiger partial charge in [-0.05, 0) is 48.9 Å². The van der Waals surface area contributed by atoms with E-state index in [9.17, 15) is 5.11 Å². The molecule has 2 nitrogen and oxygen atoms in total. The van der Waals surface area contributed by atoms with Gasteiger partial charge in [0.1, 0.15) is 5.75 Å². The standard InChI is InChI=1S/C16H23BrO2/c1-12-4-3-8-16(18,9-7-12)11-13-10-14(19-2)5-6-15(13)17/h5-6,10,12,18H,3-4,7-9,11H2,1-2H3. The lowest BCUT2D eigenvalue weighted by Gasteiger charge is -2.27. The highest BCUT2D eigenvalue weighted by Crippen LogP contribution is 2.35. The maximum Gasteiger partial charge on any atom is 0.119 e. The lowest BCUT2D eigenvalue weighted by atomic mass is 9.87. The van der Waals surface area contributed by atoms with Crippen LogP contribution in [0.4, 0.5) is 0 Å². The summed E-state index contributed by atoms with van der Waals surface area (Å²) < 4.78 is 6.33. The van der Waals surface area contributed by atoms with Gasteiger partial charge in [0, 0.05) is 10.9 Å². The van der Waals surface area contributed by atoms with Gasteiger partial charge in [0.2, 0.25) is 0 Å². The number of ether oxygens (including phenoxy) is 1. The molecule has 2 rings (SSSR count). The average Bonchev–Trinajstić information content (AvgIpc) is 2.55. The minimum Gasteiger partial charge on any atom is -0.497 e. The molecule has 0 spiro atoms. The molecule has 0 radical (unpaired) electrons. The van der Waals surface area contributed by atoms with Gasteiger partial charge in [0.05, 0.1) is 12.7 Å². The third-order valence-electron chi connectivity index (χ3n) is 4.21. The van der Waals surface area contributed by atoms with Crippen LogP contribution in [-0.2, 0) is 6.42 Å². The first-order valence-corrected chi connectivity index (χ1v) is 7.86. The summed E-state index contributed by atoms with van der Waals surface area (Å²) in [4.78, 5) is 0. The second-order valence-corrected chi connectivity index (χ2v) is 6.75. The molecule has 1 aromatic rings. The third kappa shape index (κ3) is 3.96. The van der Waals surface area contributed by atoms with E-state index in [4.69, 9.17) is 4.74 Å². The maximum atomic E-state index is 10.8. The van der Waals surface area contributed by atoms with E-state index in [0.717, 1.165) is 47.4 Å². The highest BCUT2D eigenvalue weighted by Gasteiger charge is 2.30. The van der Waals surface area contributed by atoms with Crippen molar-refractivity contribution in [3.63, 3.8) is 0 Å². The molecule has 106 valence electrons. The zero-order chi connectivity index (χ0) is 13.9. The van der Waals surface area contributed by atoms with Gasteiger partial charge in [-0.15, -0.1) is 0 Å². The van der Waals surface area contributed by atoms with Crippen molar-refractivity contribution in [3.8, 4) is 5.75 Å². The van der Waals surface area contributed by atoms with Crippen molar-refractivity contribution >= 4 is 15.9 Å². The summed E-state index contributed by atoms with van der Waals surface area (Å²) in [7, 11) is 1.68. The minimum atomic E-state index is -0.556. The number of rotatable bonds is 3. The van der Waals surface area contributed by atoms with Crippen molar-refractivity contribution in [2.75, 3.05) is 7.11 Å². The van der Waals surface area contributed by atoms with Gasteiger partial charge in [-0.1, -0.05) is 35.7 Å². The Kier molecular flexibility index (Phi) is 4.91. The van der Waals surface area contributed by atoms with E-state index in [2.05, 4.69) is 22.9 Å². The summed E-state index contributed by atoms with van der Waals surface area (Å²) in [6.45, 7) is 2.28. The highest BCUT2D eigenvalue weighted by molar-refractivity contribution is 9.10. The molecule has 1 saturated carbocycles. The molecule has 3 heteroatoms. The van der Waals surface area contributed by atoms with Crippen molar-refractivity contribution in [1.29, 1.82) is 0 Å². The minimum absolute atomic E-state index is 0.556. The fraction of sp³-hybridized carbons (Fsp3) is 0.625. The number of halogens is 1. The van der Waals surface area contributed by atoms with Crippen LogP contribution in [0.15, 0.2) is 22.7 Å². The molecule has 19 heavy (non-hydrogen) atoms. The van der Waals surface area contributed by atoms with Crippen molar-refractivity contribution < 1.29 is 9.84 Å². The Labute approximate surface area is 124 Å². The Morgan fingerprint density at radius 3 is 2.89 bits per heavy atom. The lowest BCUT2D eigenvalue weighted by Crippen LogP contribution is -2.30. The van der Waals surface area contributed by atoms with Crippen molar-refractivity contribution in [1.82, 2.24) is 0 Å². The van der Waals surface area contributed by atoms with Crippen LogP contribution in [0.25, 0.3) is 0 Å². The van der Waals surface area contributed by atoms with E-state index in [1.807, 2.05) is 18.2 Å². The van der Waals surface area contributed by atoms with Crippen LogP contribution >= 0.6 is 15.9 Å². The number of methoxy groups -OCH3 is 1. The predicted molar refractivity (Wildman–Crippen MR) is 81.6 cm³/mol. The van der Waals surface area contributed by atoms with Crippen LogP contribution in [0.3, 0.4) is 0 Å². The molecule has 1 aliphatic carbocycles. The SMILES string of the molecule is COc1ccc(Br)c(CC2(O)CCCC(C)CC2)c1. The molecule has 2 unspecified atom stereocenters. The van der Waals surface area contributed by atoms with Gasteiger partial charge in [0.15, 0.2) is 0 Å². The highest BCUT2D eigenvalue weighted by atomic mass is 79.9. The normalized spacial score (nSPS) is 27.9. The summed E-state index contributed by atoms with van der Waals surface area (Å²) in [5.74, 6) is 1.59. The zero-order valence-electron chi connectivity index (χ0n) is 11.8. The Bertz CT molecular complexity index is 433. The molecule has 1 N–H and O–H groups in total. The van der Waals surface area contributed by atoms with E-state index in [1.165, 1.54) is 6.42 Å². The molecule has 1 aromatic carbocycles. The van der Waals surface area contributed by atoms with Gasteiger partial charge in [-0.2, -0.15) is 0 Å². The quantitative estimate of drug-likeness (QED) is 0.837. The Morgan fingerprint density at radius 1 is 1.37 bits per heavy atom. The monoisotopic (exact) mass is 326 g/mol. The van der Waals surface area contributed by atoms with Crippen molar-refractivity contribution in [2.24, 2.45) is 5.92 Å². The van der Waals surface area contributed by atoms with Crippen LogP contribution in [0.2, 0.25) is 0 Å². The first-order valence-electron chi connectivity index (χ1n) is 7.07. The fourth-order valence-electron chi connectivity index (χ4n) is 2.91. The first-order chi connectivity index (χ1) is 9.02. The summed E-state index contributed by atoms with van der Waals surface area (Å²) in [5.41, 5.74) is 0.580. The molecule has 0 saturated heterocycles. The number of benzene rings is 1. The van der Waals surface area contributed by atoms with Crippen LogP contribution in [-0.4, -0.2) is 17.8 Å². The van der Waals surface area contributed by atoms with Crippen LogP contribution in [0, 0.1) is 5.92 Å². The zero-order valence-corrected chi connectivity index (χ0v) is 13.4. The molecule has 1 aliphatic rings. The van der Waals surface area contributed by atoms with Gasteiger partial charge in [0.25, 0.3) is 0 Å². The fourth-order valence-corrected chi connectivity index (χ4v) is 3.30. The number of hydrogen-bond donors (Lipinski definition) is 1. The van der Waals surface area contributed by atoms with E-state index < -0.39 is 5.60 Å². The predicted octanol–water partition coefficient (Wildman–Crippen LogP) is 4.33. The molecule has 2 atom stereocenters. The van der Waals surface area contributed by atoms with Crippen LogP contribution in [0.5, 0.6) is 5.75 Å². The topological polar surface area (TPSA) is 29.5 Å². The summed E-state index contributed by atoms with van der Waals surface area (Å²) in [5, 5.41) is 10.8. The molecular formula is C16H23BrO2. The van der Waals surface area contributed by atoms with Crippen LogP contribution in [0.1, 0.15) is 44.6 Å². The van der Waals surface area contributed by atoms with Gasteiger partial charge < -0.3 is 9.84 Å². The van der Waals surface area contributed by atoms with Crippen molar-refractivity contribution in [3.05, 3.63) is 28.2 Å². The molecular weight excluding hydrogens is 304 g/mol. The smallest absolute Gasteiger partial charge is 0.119 e. The van der Waals surface area contributed by atoms with Gasteiger partial charge in [-0.3, -0.25) is 0 Å². The molecule has 1 fully saturated rings. The third-order valence-corrected chi connectivity index (χ3v) is 4.99.